The molecule has 0 aliphatic carbocycles. The normalized spacial score (nSPS) is 11.7. The maximum absolute atomic E-state index is 12.5. The molecule has 8 heteroatoms. The highest BCUT2D eigenvalue weighted by Crippen LogP contribution is 2.15. The summed E-state index contributed by atoms with van der Waals surface area (Å²) in [6.07, 6.45) is 0.238. The molecule has 0 amide bonds. The summed E-state index contributed by atoms with van der Waals surface area (Å²) < 4.78 is 4.84. The van der Waals surface area contributed by atoms with Gasteiger partial charge >= 0.3 is 5.97 Å². The Morgan fingerprint density at radius 2 is 2.17 bits per heavy atom. The predicted molar refractivity (Wildman–Crippen MR) is 82.2 cm³/mol. The third-order valence-electron chi connectivity index (χ3n) is 3.06. The van der Waals surface area contributed by atoms with Gasteiger partial charge in [-0.2, -0.15) is 0 Å². The van der Waals surface area contributed by atoms with Crippen LogP contribution in [-0.2, 0) is 9.53 Å². The molecule has 2 N–H and O–H groups in total. The van der Waals surface area contributed by atoms with Gasteiger partial charge < -0.3 is 15.2 Å². The van der Waals surface area contributed by atoms with Gasteiger partial charge in [-0.15, -0.1) is 0 Å². The highest BCUT2D eigenvalue weighted by atomic mass is 16.6. The van der Waals surface area contributed by atoms with Gasteiger partial charge in [0.05, 0.1) is 24.0 Å². The number of nitrogens with one attached hydrogen (secondary N) is 1. The molecule has 126 valence electrons. The van der Waals surface area contributed by atoms with E-state index in [4.69, 9.17) is 9.84 Å². The van der Waals surface area contributed by atoms with Crippen molar-refractivity contribution >= 4 is 17.4 Å². The summed E-state index contributed by atoms with van der Waals surface area (Å²) in [6.45, 7) is 2.15. The van der Waals surface area contributed by atoms with Gasteiger partial charge in [0.25, 0.3) is 5.69 Å². The number of nitro groups is 1. The molecule has 0 aromatic heterocycles. The number of Topliss-reactive ketones (excluding diaryl/α,β-unsaturated/α-hetero) is 1. The molecule has 1 aromatic rings. The van der Waals surface area contributed by atoms with Crippen LogP contribution in [0.1, 0.15) is 30.1 Å². The van der Waals surface area contributed by atoms with Crippen molar-refractivity contribution in [3.8, 4) is 0 Å². The molecule has 0 radical (unpaired) electrons. The minimum atomic E-state index is -0.859. The molecule has 1 unspecified atom stereocenters. The highest BCUT2D eigenvalue weighted by molar-refractivity contribution is 6.02. The monoisotopic (exact) mass is 324 g/mol. The van der Waals surface area contributed by atoms with E-state index in [9.17, 15) is 19.7 Å². The van der Waals surface area contributed by atoms with Crippen molar-refractivity contribution in [2.75, 3.05) is 19.8 Å². The third kappa shape index (κ3) is 6.13. The van der Waals surface area contributed by atoms with Crippen LogP contribution in [0.4, 0.5) is 5.69 Å². The molecule has 23 heavy (non-hydrogen) atoms. The molecule has 1 aromatic carbocycles. The smallest absolute Gasteiger partial charge is 0.307 e. The number of aliphatic hydroxyl groups is 1. The summed E-state index contributed by atoms with van der Waals surface area (Å²) in [7, 11) is 0. The van der Waals surface area contributed by atoms with E-state index < -0.39 is 22.7 Å². The van der Waals surface area contributed by atoms with Gasteiger partial charge in [-0.25, -0.2) is 0 Å². The van der Waals surface area contributed by atoms with E-state index in [-0.39, 0.29) is 30.9 Å². The average molecular weight is 324 g/mol. The zero-order valence-electron chi connectivity index (χ0n) is 12.9. The van der Waals surface area contributed by atoms with Crippen molar-refractivity contribution in [3.63, 3.8) is 0 Å². The van der Waals surface area contributed by atoms with Crippen molar-refractivity contribution in [3.05, 3.63) is 39.9 Å². The molecule has 0 fully saturated rings. The number of carbonyl (C=O) groups excluding carboxylic acids is 2. The summed E-state index contributed by atoms with van der Waals surface area (Å²) in [5.41, 5.74) is -0.0499. The summed E-state index contributed by atoms with van der Waals surface area (Å²) >= 11 is 0. The Hall–Kier alpha value is -2.32. The molecule has 8 nitrogen and oxygen atoms in total. The number of esters is 1. The second-order valence-corrected chi connectivity index (χ2v) is 4.76. The second kappa shape index (κ2) is 9.65. The Balaban J connectivity index is 2.90. The maximum atomic E-state index is 12.5. The molecule has 0 aliphatic heterocycles. The summed E-state index contributed by atoms with van der Waals surface area (Å²) in [5.74, 6) is -0.965. The number of aliphatic hydroxyl groups excluding tert-OH is 1. The number of hydrogen-bond acceptors (Lipinski definition) is 7. The topological polar surface area (TPSA) is 119 Å². The number of nitrogens with zero attached hydrogens (tertiary/aromatic N) is 1. The van der Waals surface area contributed by atoms with Gasteiger partial charge in [0.15, 0.2) is 5.78 Å². The van der Waals surface area contributed by atoms with Crippen LogP contribution in [-0.4, -0.2) is 47.6 Å². The van der Waals surface area contributed by atoms with Crippen molar-refractivity contribution < 1.29 is 24.4 Å². The van der Waals surface area contributed by atoms with Crippen LogP contribution in [0.3, 0.4) is 0 Å². The van der Waals surface area contributed by atoms with Crippen LogP contribution in [0.25, 0.3) is 0 Å². The number of rotatable bonds is 10. The fraction of sp³-hybridized carbons (Fsp3) is 0.467. The van der Waals surface area contributed by atoms with E-state index in [1.165, 1.54) is 24.3 Å². The number of benzene rings is 1. The van der Waals surface area contributed by atoms with E-state index in [1.807, 2.05) is 0 Å². The lowest BCUT2D eigenvalue weighted by molar-refractivity contribution is -0.384. The van der Waals surface area contributed by atoms with E-state index in [2.05, 4.69) is 5.32 Å². The van der Waals surface area contributed by atoms with Gasteiger partial charge in [-0.3, -0.25) is 19.7 Å². The first kappa shape index (κ1) is 18.7. The number of ether oxygens (including phenoxy) is 1. The Bertz CT molecular complexity index is 561. The summed E-state index contributed by atoms with van der Waals surface area (Å²) in [6, 6.07) is 4.48. The van der Waals surface area contributed by atoms with Crippen LogP contribution in [0, 0.1) is 10.1 Å². The first-order chi connectivity index (χ1) is 11.0. The summed E-state index contributed by atoms with van der Waals surface area (Å²) in [4.78, 5) is 34.3. The lowest BCUT2D eigenvalue weighted by Crippen LogP contribution is -2.39. The number of carbonyl (C=O) groups is 2. The van der Waals surface area contributed by atoms with E-state index in [0.29, 0.717) is 13.0 Å². The molecule has 1 rings (SSSR count). The highest BCUT2D eigenvalue weighted by Gasteiger charge is 2.24. The Morgan fingerprint density at radius 1 is 1.43 bits per heavy atom. The molecule has 1 atom stereocenters. The SMILES string of the molecule is CCOC(=O)CC(NCCCO)C(=O)c1cccc([N+](=O)[O-])c1. The standard InChI is InChI=1S/C15H20N2O6/c1-2-23-14(19)10-13(16-7-4-8-18)15(20)11-5-3-6-12(9-11)17(21)22/h3,5-6,9,13,16,18H,2,4,7-8,10H2,1H3. The van der Waals surface area contributed by atoms with Crippen LogP contribution >= 0.6 is 0 Å². The minimum Gasteiger partial charge on any atom is -0.466 e. The largest absolute Gasteiger partial charge is 0.466 e. The van der Waals surface area contributed by atoms with Crippen molar-refractivity contribution in [1.82, 2.24) is 5.32 Å². The molecule has 0 heterocycles. The summed E-state index contributed by atoms with van der Waals surface area (Å²) in [5, 5.41) is 22.5. The van der Waals surface area contributed by atoms with Gasteiger partial charge in [0.2, 0.25) is 0 Å². The lowest BCUT2D eigenvalue weighted by atomic mass is 10.0. The lowest BCUT2D eigenvalue weighted by Gasteiger charge is -2.16. The molecule has 0 bridgehead atoms. The molecular formula is C15H20N2O6. The zero-order valence-corrected chi connectivity index (χ0v) is 12.9. The maximum Gasteiger partial charge on any atom is 0.307 e. The average Bonchev–Trinajstić information content (AvgIpc) is 2.53. The molecule has 0 saturated heterocycles. The van der Waals surface area contributed by atoms with Gasteiger partial charge in [-0.05, 0) is 19.9 Å². The Kier molecular flexibility index (Phi) is 7.86. The fourth-order valence-electron chi connectivity index (χ4n) is 1.97. The van der Waals surface area contributed by atoms with Crippen LogP contribution in [0.5, 0.6) is 0 Å². The number of hydrogen-bond donors (Lipinski definition) is 2. The van der Waals surface area contributed by atoms with Crippen molar-refractivity contribution in [2.45, 2.75) is 25.8 Å². The van der Waals surface area contributed by atoms with Crippen LogP contribution < -0.4 is 5.32 Å². The van der Waals surface area contributed by atoms with E-state index in [0.717, 1.165) is 0 Å². The number of ketones is 1. The van der Waals surface area contributed by atoms with Crippen LogP contribution in [0.15, 0.2) is 24.3 Å². The fourth-order valence-corrected chi connectivity index (χ4v) is 1.97. The van der Waals surface area contributed by atoms with E-state index >= 15 is 0 Å². The number of non-ortho nitro benzene ring substituents is 1. The van der Waals surface area contributed by atoms with Crippen LogP contribution in [0.2, 0.25) is 0 Å². The zero-order chi connectivity index (χ0) is 17.2. The second-order valence-electron chi connectivity index (χ2n) is 4.76. The first-order valence-electron chi connectivity index (χ1n) is 7.28. The van der Waals surface area contributed by atoms with Crippen molar-refractivity contribution in [2.24, 2.45) is 0 Å². The van der Waals surface area contributed by atoms with Gasteiger partial charge in [-0.1, -0.05) is 12.1 Å². The van der Waals surface area contributed by atoms with Gasteiger partial charge in [0.1, 0.15) is 0 Å². The van der Waals surface area contributed by atoms with Crippen molar-refractivity contribution in [1.29, 1.82) is 0 Å². The van der Waals surface area contributed by atoms with E-state index in [1.54, 1.807) is 6.92 Å². The van der Waals surface area contributed by atoms with Gasteiger partial charge in [0, 0.05) is 24.3 Å². The predicted octanol–water partition coefficient (Wildman–Crippen LogP) is 1.07. The first-order valence-corrected chi connectivity index (χ1v) is 7.28. The Labute approximate surface area is 133 Å². The Morgan fingerprint density at radius 3 is 2.78 bits per heavy atom. The molecule has 0 spiro atoms. The number of nitro benzene ring substituents is 1. The quantitative estimate of drug-likeness (QED) is 0.217. The minimum absolute atomic E-state index is 0.0515. The molecule has 0 aliphatic rings. The third-order valence-corrected chi connectivity index (χ3v) is 3.06. The molecule has 0 saturated carbocycles. The molecular weight excluding hydrogens is 304 g/mol.